The Kier molecular flexibility index (Phi) is 3.89. The zero-order valence-electron chi connectivity index (χ0n) is 12.7. The normalized spacial score (nSPS) is 18.9. The van der Waals surface area contributed by atoms with Gasteiger partial charge in [0.1, 0.15) is 5.60 Å². The van der Waals surface area contributed by atoms with Crippen LogP contribution in [0, 0.1) is 6.92 Å². The third-order valence-electron chi connectivity index (χ3n) is 3.29. The number of aromatic nitrogens is 3. The minimum Gasteiger partial charge on any atom is -0.476 e. The van der Waals surface area contributed by atoms with Crippen LogP contribution in [0.2, 0.25) is 0 Å². The topological polar surface area (TPSA) is 97.5 Å². The lowest BCUT2D eigenvalue weighted by Gasteiger charge is -2.24. The highest BCUT2D eigenvalue weighted by Gasteiger charge is 2.32. The van der Waals surface area contributed by atoms with Crippen molar-refractivity contribution in [2.75, 3.05) is 13.1 Å². The first-order valence-electron chi connectivity index (χ1n) is 6.82. The maximum Gasteiger partial charge on any atom is 0.410 e. The summed E-state index contributed by atoms with van der Waals surface area (Å²) in [7, 11) is 0. The lowest BCUT2D eigenvalue weighted by molar-refractivity contribution is 0.0287. The molecule has 1 fully saturated rings. The summed E-state index contributed by atoms with van der Waals surface area (Å²) in [5.41, 5.74) is -0.0845. The number of carbonyl (C=O) groups excluding carboxylic acids is 1. The summed E-state index contributed by atoms with van der Waals surface area (Å²) in [6, 6.07) is -0.0712. The first kappa shape index (κ1) is 15.3. The van der Waals surface area contributed by atoms with Gasteiger partial charge in [0, 0.05) is 13.1 Å². The van der Waals surface area contributed by atoms with Crippen LogP contribution in [-0.2, 0) is 4.74 Å². The maximum atomic E-state index is 12.0. The Hall–Kier alpha value is -2.12. The van der Waals surface area contributed by atoms with Crippen LogP contribution in [0.15, 0.2) is 0 Å². The van der Waals surface area contributed by atoms with Crippen molar-refractivity contribution in [3.05, 3.63) is 11.4 Å². The van der Waals surface area contributed by atoms with Crippen molar-refractivity contribution < 1.29 is 19.4 Å². The Morgan fingerprint density at radius 1 is 1.38 bits per heavy atom. The van der Waals surface area contributed by atoms with Gasteiger partial charge in [-0.3, -0.25) is 0 Å². The second kappa shape index (κ2) is 5.34. The predicted molar refractivity (Wildman–Crippen MR) is 73.2 cm³/mol. The van der Waals surface area contributed by atoms with Crippen LogP contribution in [0.4, 0.5) is 4.79 Å². The number of nitrogens with zero attached hydrogens (tertiary/aromatic N) is 4. The van der Waals surface area contributed by atoms with Gasteiger partial charge in [-0.2, -0.15) is 0 Å². The summed E-state index contributed by atoms with van der Waals surface area (Å²) in [6.45, 7) is 8.12. The second-order valence-electron chi connectivity index (χ2n) is 6.14. The number of rotatable bonds is 2. The Bertz CT molecular complexity index is 561. The molecule has 1 amide bonds. The molecule has 8 nitrogen and oxygen atoms in total. The monoisotopic (exact) mass is 296 g/mol. The molecule has 1 aliphatic rings. The third kappa shape index (κ3) is 3.32. The van der Waals surface area contributed by atoms with Crippen LogP contribution in [0.1, 0.15) is 49.4 Å². The summed E-state index contributed by atoms with van der Waals surface area (Å²) < 4.78 is 6.90. The minimum absolute atomic E-state index is 0.0503. The van der Waals surface area contributed by atoms with Crippen molar-refractivity contribution in [3.8, 4) is 0 Å². The molecule has 2 heterocycles. The molecular weight excluding hydrogens is 276 g/mol. The summed E-state index contributed by atoms with van der Waals surface area (Å²) in [5.74, 6) is -1.10. The number of hydrogen-bond donors (Lipinski definition) is 1. The number of carboxylic acids is 1. The molecule has 0 saturated carbocycles. The fourth-order valence-electron chi connectivity index (χ4n) is 2.32. The number of carbonyl (C=O) groups is 2. The van der Waals surface area contributed by atoms with Crippen molar-refractivity contribution in [1.82, 2.24) is 19.9 Å². The van der Waals surface area contributed by atoms with E-state index < -0.39 is 11.6 Å². The Balaban J connectivity index is 2.06. The molecule has 21 heavy (non-hydrogen) atoms. The molecule has 0 radical (unpaired) electrons. The van der Waals surface area contributed by atoms with E-state index in [1.54, 1.807) is 16.5 Å². The van der Waals surface area contributed by atoms with Gasteiger partial charge in [-0.05, 0) is 34.1 Å². The first-order valence-corrected chi connectivity index (χ1v) is 6.82. The van der Waals surface area contributed by atoms with Crippen LogP contribution < -0.4 is 0 Å². The van der Waals surface area contributed by atoms with Crippen LogP contribution in [0.3, 0.4) is 0 Å². The zero-order chi connectivity index (χ0) is 15.8. The van der Waals surface area contributed by atoms with Crippen LogP contribution in [0.5, 0.6) is 0 Å². The molecule has 1 N–H and O–H groups in total. The molecule has 0 spiro atoms. The molecule has 1 aromatic heterocycles. The SMILES string of the molecule is Cc1c(C(=O)O)nnn1[C@@H]1CCN(C(=O)OC(C)(C)C)C1. The van der Waals surface area contributed by atoms with Crippen LogP contribution >= 0.6 is 0 Å². The van der Waals surface area contributed by atoms with E-state index in [1.807, 2.05) is 20.8 Å². The number of likely N-dealkylation sites (tertiary alicyclic amines) is 1. The molecular formula is C13H20N4O4. The Morgan fingerprint density at radius 3 is 2.57 bits per heavy atom. The third-order valence-corrected chi connectivity index (χ3v) is 3.29. The van der Waals surface area contributed by atoms with Gasteiger partial charge in [-0.15, -0.1) is 5.10 Å². The quantitative estimate of drug-likeness (QED) is 0.887. The Morgan fingerprint density at radius 2 is 2.05 bits per heavy atom. The summed E-state index contributed by atoms with van der Waals surface area (Å²) in [4.78, 5) is 24.6. The lowest BCUT2D eigenvalue weighted by Crippen LogP contribution is -2.35. The average molecular weight is 296 g/mol. The summed E-state index contributed by atoms with van der Waals surface area (Å²) in [6.07, 6.45) is 0.337. The van der Waals surface area contributed by atoms with E-state index in [2.05, 4.69) is 10.3 Å². The van der Waals surface area contributed by atoms with Gasteiger partial charge in [-0.25, -0.2) is 14.3 Å². The van der Waals surface area contributed by atoms with E-state index in [-0.39, 0.29) is 17.8 Å². The number of carboxylic acid groups (broad SMARTS) is 1. The number of amides is 1. The van der Waals surface area contributed by atoms with Crippen molar-refractivity contribution in [2.24, 2.45) is 0 Å². The predicted octanol–water partition coefficient (Wildman–Crippen LogP) is 1.47. The van der Waals surface area contributed by atoms with E-state index in [4.69, 9.17) is 9.84 Å². The molecule has 2 rings (SSSR count). The number of ether oxygens (including phenoxy) is 1. The van der Waals surface area contributed by atoms with Crippen molar-refractivity contribution in [1.29, 1.82) is 0 Å². The molecule has 1 atom stereocenters. The van der Waals surface area contributed by atoms with E-state index in [1.165, 1.54) is 0 Å². The largest absolute Gasteiger partial charge is 0.476 e. The van der Waals surface area contributed by atoms with E-state index >= 15 is 0 Å². The van der Waals surface area contributed by atoms with Crippen molar-refractivity contribution in [3.63, 3.8) is 0 Å². The molecule has 8 heteroatoms. The molecule has 1 saturated heterocycles. The molecule has 0 aliphatic carbocycles. The summed E-state index contributed by atoms with van der Waals surface area (Å²) in [5, 5.41) is 16.6. The summed E-state index contributed by atoms with van der Waals surface area (Å²) >= 11 is 0. The zero-order valence-corrected chi connectivity index (χ0v) is 12.7. The van der Waals surface area contributed by atoms with Crippen molar-refractivity contribution in [2.45, 2.75) is 45.8 Å². The highest BCUT2D eigenvalue weighted by Crippen LogP contribution is 2.24. The van der Waals surface area contributed by atoms with E-state index in [0.717, 1.165) is 0 Å². The van der Waals surface area contributed by atoms with Gasteiger partial charge in [0.25, 0.3) is 0 Å². The van der Waals surface area contributed by atoms with Crippen LogP contribution in [-0.4, -0.2) is 55.8 Å². The fraction of sp³-hybridized carbons (Fsp3) is 0.692. The molecule has 0 aromatic carbocycles. The van der Waals surface area contributed by atoms with E-state index in [0.29, 0.717) is 25.2 Å². The van der Waals surface area contributed by atoms with Gasteiger partial charge in [0.05, 0.1) is 11.7 Å². The van der Waals surface area contributed by atoms with Crippen LogP contribution in [0.25, 0.3) is 0 Å². The average Bonchev–Trinajstić information content (AvgIpc) is 2.92. The fourth-order valence-corrected chi connectivity index (χ4v) is 2.32. The highest BCUT2D eigenvalue weighted by molar-refractivity contribution is 5.86. The van der Waals surface area contributed by atoms with E-state index in [9.17, 15) is 9.59 Å². The molecule has 0 unspecified atom stereocenters. The maximum absolute atomic E-state index is 12.0. The lowest BCUT2D eigenvalue weighted by atomic mass is 10.2. The first-order chi connectivity index (χ1) is 9.69. The molecule has 0 bridgehead atoms. The highest BCUT2D eigenvalue weighted by atomic mass is 16.6. The van der Waals surface area contributed by atoms with Gasteiger partial charge in [0.2, 0.25) is 0 Å². The van der Waals surface area contributed by atoms with Gasteiger partial charge < -0.3 is 14.7 Å². The molecule has 116 valence electrons. The second-order valence-corrected chi connectivity index (χ2v) is 6.14. The van der Waals surface area contributed by atoms with Gasteiger partial charge in [-0.1, -0.05) is 5.21 Å². The Labute approximate surface area is 122 Å². The van der Waals surface area contributed by atoms with Crippen molar-refractivity contribution >= 4 is 12.1 Å². The smallest absolute Gasteiger partial charge is 0.410 e. The standard InChI is InChI=1S/C13H20N4O4/c1-8-10(11(18)19)14-15-17(8)9-5-6-16(7-9)12(20)21-13(2,3)4/h9H,5-7H2,1-4H3,(H,18,19)/t9-/m1/s1. The molecule has 1 aliphatic heterocycles. The number of hydrogen-bond acceptors (Lipinski definition) is 5. The number of aromatic carboxylic acids is 1. The van der Waals surface area contributed by atoms with Gasteiger partial charge in [0.15, 0.2) is 5.69 Å². The minimum atomic E-state index is -1.10. The van der Waals surface area contributed by atoms with Gasteiger partial charge >= 0.3 is 12.1 Å². The molecule has 1 aromatic rings.